The number of nitrogens with two attached hydrogens (primary N) is 1. The predicted molar refractivity (Wildman–Crippen MR) is 60.3 cm³/mol. The summed E-state index contributed by atoms with van der Waals surface area (Å²) in [6.07, 6.45) is 6.17. The fraction of sp³-hybridized carbons (Fsp3) is 1.00. The monoisotopic (exact) mass is 205 g/mol. The van der Waals surface area contributed by atoms with Crippen LogP contribution in [0.15, 0.2) is 0 Å². The van der Waals surface area contributed by atoms with Crippen LogP contribution in [0, 0.1) is 0 Å². The van der Waals surface area contributed by atoms with Gasteiger partial charge in [-0.25, -0.2) is 0 Å². The molecule has 0 aromatic rings. The van der Waals surface area contributed by atoms with Crippen molar-refractivity contribution < 1.29 is 4.21 Å². The SMILES string of the molecule is CCCCCCCS(=O)C(C)CN. The largest absolute Gasteiger partial charge is 0.329 e. The molecular weight excluding hydrogens is 182 g/mol. The lowest BCUT2D eigenvalue weighted by atomic mass is 10.2. The molecule has 0 aliphatic rings. The van der Waals surface area contributed by atoms with Gasteiger partial charge in [0.15, 0.2) is 0 Å². The fourth-order valence-corrected chi connectivity index (χ4v) is 2.26. The van der Waals surface area contributed by atoms with Crippen molar-refractivity contribution in [2.45, 2.75) is 51.2 Å². The number of unbranched alkanes of at least 4 members (excludes halogenated alkanes) is 4. The molecule has 2 unspecified atom stereocenters. The van der Waals surface area contributed by atoms with Gasteiger partial charge in [-0.3, -0.25) is 4.21 Å². The molecule has 0 spiro atoms. The molecule has 13 heavy (non-hydrogen) atoms. The first kappa shape index (κ1) is 13.1. The molecular formula is C10H23NOS. The van der Waals surface area contributed by atoms with Gasteiger partial charge in [-0.05, 0) is 13.3 Å². The van der Waals surface area contributed by atoms with E-state index in [4.69, 9.17) is 5.73 Å². The lowest BCUT2D eigenvalue weighted by Crippen LogP contribution is -2.23. The molecule has 0 saturated heterocycles. The van der Waals surface area contributed by atoms with Gasteiger partial charge in [-0.2, -0.15) is 0 Å². The summed E-state index contributed by atoms with van der Waals surface area (Å²) >= 11 is 0. The normalized spacial score (nSPS) is 15.6. The first-order valence-corrected chi connectivity index (χ1v) is 6.67. The Kier molecular flexibility index (Phi) is 8.77. The molecule has 80 valence electrons. The van der Waals surface area contributed by atoms with Gasteiger partial charge in [0.2, 0.25) is 0 Å². The average molecular weight is 205 g/mol. The molecule has 2 atom stereocenters. The minimum Gasteiger partial charge on any atom is -0.329 e. The lowest BCUT2D eigenvalue weighted by molar-refractivity contribution is 0.643. The maximum absolute atomic E-state index is 11.4. The molecule has 0 aliphatic heterocycles. The van der Waals surface area contributed by atoms with Gasteiger partial charge in [0.25, 0.3) is 0 Å². The second kappa shape index (κ2) is 8.70. The summed E-state index contributed by atoms with van der Waals surface area (Å²) in [5.41, 5.74) is 5.43. The number of hydrogen-bond donors (Lipinski definition) is 1. The van der Waals surface area contributed by atoms with Crippen LogP contribution < -0.4 is 5.73 Å². The Labute approximate surface area is 84.7 Å². The van der Waals surface area contributed by atoms with Gasteiger partial charge in [0, 0.05) is 28.3 Å². The molecule has 2 nitrogen and oxygen atoms in total. The first-order valence-electron chi connectivity index (χ1n) is 5.29. The molecule has 0 heterocycles. The van der Waals surface area contributed by atoms with Crippen molar-refractivity contribution in [2.75, 3.05) is 12.3 Å². The van der Waals surface area contributed by atoms with Crippen LogP contribution in [0.4, 0.5) is 0 Å². The highest BCUT2D eigenvalue weighted by Gasteiger charge is 2.07. The van der Waals surface area contributed by atoms with Crippen molar-refractivity contribution in [3.63, 3.8) is 0 Å². The maximum atomic E-state index is 11.4. The molecule has 0 fully saturated rings. The standard InChI is InChI=1S/C10H23NOS/c1-3-4-5-6-7-8-13(12)10(2)9-11/h10H,3-9,11H2,1-2H3. The quantitative estimate of drug-likeness (QED) is 0.616. The van der Waals surface area contributed by atoms with Gasteiger partial charge >= 0.3 is 0 Å². The summed E-state index contributed by atoms with van der Waals surface area (Å²) in [7, 11) is -0.695. The molecule has 0 bridgehead atoms. The summed E-state index contributed by atoms with van der Waals surface area (Å²) in [6.45, 7) is 4.71. The van der Waals surface area contributed by atoms with Crippen molar-refractivity contribution in [2.24, 2.45) is 5.73 Å². The summed E-state index contributed by atoms with van der Waals surface area (Å²) in [5, 5.41) is 0.172. The third-order valence-electron chi connectivity index (χ3n) is 2.23. The Morgan fingerprint density at radius 3 is 2.38 bits per heavy atom. The Hall–Kier alpha value is 0.110. The van der Waals surface area contributed by atoms with Gasteiger partial charge in [0.05, 0.1) is 0 Å². The zero-order valence-electron chi connectivity index (χ0n) is 8.92. The predicted octanol–water partition coefficient (Wildman–Crippen LogP) is 2.05. The van der Waals surface area contributed by atoms with Gasteiger partial charge in [0.1, 0.15) is 0 Å². The molecule has 0 saturated carbocycles. The first-order chi connectivity index (χ1) is 6.22. The molecule has 0 aromatic carbocycles. The minimum absolute atomic E-state index is 0.172. The van der Waals surface area contributed by atoms with Crippen LogP contribution in [0.1, 0.15) is 46.0 Å². The van der Waals surface area contributed by atoms with E-state index in [9.17, 15) is 4.21 Å². The zero-order valence-corrected chi connectivity index (χ0v) is 9.74. The molecule has 2 N–H and O–H groups in total. The van der Waals surface area contributed by atoms with E-state index in [-0.39, 0.29) is 5.25 Å². The highest BCUT2D eigenvalue weighted by atomic mass is 32.2. The number of rotatable bonds is 8. The van der Waals surface area contributed by atoms with E-state index >= 15 is 0 Å². The summed E-state index contributed by atoms with van der Waals surface area (Å²) < 4.78 is 11.4. The molecule has 3 heteroatoms. The van der Waals surface area contributed by atoms with E-state index < -0.39 is 10.8 Å². The van der Waals surface area contributed by atoms with E-state index in [1.54, 1.807) is 0 Å². The molecule has 0 aliphatic carbocycles. The fourth-order valence-electron chi connectivity index (χ4n) is 1.16. The smallest absolute Gasteiger partial charge is 0.0442 e. The Bertz CT molecular complexity index is 139. The Balaban J connectivity index is 3.27. The third-order valence-corrected chi connectivity index (χ3v) is 4.01. The van der Waals surface area contributed by atoms with Crippen molar-refractivity contribution in [3.05, 3.63) is 0 Å². The van der Waals surface area contributed by atoms with E-state index in [2.05, 4.69) is 6.92 Å². The Morgan fingerprint density at radius 2 is 1.85 bits per heavy atom. The minimum atomic E-state index is -0.695. The highest BCUT2D eigenvalue weighted by molar-refractivity contribution is 7.85. The van der Waals surface area contributed by atoms with Crippen molar-refractivity contribution in [3.8, 4) is 0 Å². The number of hydrogen-bond acceptors (Lipinski definition) is 2. The zero-order chi connectivity index (χ0) is 10.1. The van der Waals surface area contributed by atoms with Crippen molar-refractivity contribution >= 4 is 10.8 Å². The average Bonchev–Trinajstić information content (AvgIpc) is 2.16. The van der Waals surface area contributed by atoms with Crippen molar-refractivity contribution in [1.29, 1.82) is 0 Å². The highest BCUT2D eigenvalue weighted by Crippen LogP contribution is 2.05. The van der Waals surface area contributed by atoms with Crippen LogP contribution in [-0.2, 0) is 10.8 Å². The van der Waals surface area contributed by atoms with Crippen LogP contribution >= 0.6 is 0 Å². The van der Waals surface area contributed by atoms with Gasteiger partial charge in [-0.1, -0.05) is 32.6 Å². The summed E-state index contributed by atoms with van der Waals surface area (Å²) in [4.78, 5) is 0. The third kappa shape index (κ3) is 7.20. The second-order valence-electron chi connectivity index (χ2n) is 3.55. The lowest BCUT2D eigenvalue weighted by Gasteiger charge is -2.07. The van der Waals surface area contributed by atoms with Crippen LogP contribution in [0.2, 0.25) is 0 Å². The van der Waals surface area contributed by atoms with Crippen LogP contribution in [0.25, 0.3) is 0 Å². The van der Waals surface area contributed by atoms with E-state index in [0.29, 0.717) is 6.54 Å². The Morgan fingerprint density at radius 1 is 1.23 bits per heavy atom. The second-order valence-corrected chi connectivity index (χ2v) is 5.52. The maximum Gasteiger partial charge on any atom is 0.0442 e. The van der Waals surface area contributed by atoms with Crippen LogP contribution in [0.5, 0.6) is 0 Å². The van der Waals surface area contributed by atoms with Crippen LogP contribution in [0.3, 0.4) is 0 Å². The topological polar surface area (TPSA) is 43.1 Å². The molecule has 0 aromatic heterocycles. The summed E-state index contributed by atoms with van der Waals surface area (Å²) in [5.74, 6) is 0.835. The molecule has 0 amide bonds. The van der Waals surface area contributed by atoms with Gasteiger partial charge in [-0.15, -0.1) is 0 Å². The van der Waals surface area contributed by atoms with Gasteiger partial charge < -0.3 is 5.73 Å². The van der Waals surface area contributed by atoms with E-state index in [1.165, 1.54) is 25.7 Å². The van der Waals surface area contributed by atoms with Crippen LogP contribution in [-0.4, -0.2) is 21.8 Å². The molecule has 0 rings (SSSR count). The molecule has 0 radical (unpaired) electrons. The summed E-state index contributed by atoms with van der Waals surface area (Å²) in [6, 6.07) is 0. The van der Waals surface area contributed by atoms with E-state index in [0.717, 1.165) is 12.2 Å². The van der Waals surface area contributed by atoms with E-state index in [1.807, 2.05) is 6.92 Å². The van der Waals surface area contributed by atoms with Crippen molar-refractivity contribution in [1.82, 2.24) is 0 Å².